The highest BCUT2D eigenvalue weighted by Crippen LogP contribution is 2.46. The number of carbonyl (C=O) groups is 2. The Hall–Kier alpha value is -1.84. The van der Waals surface area contributed by atoms with Gasteiger partial charge in [0, 0.05) is 13.1 Å². The lowest BCUT2D eigenvalue weighted by molar-refractivity contribution is -0.151. The molecule has 1 amide bonds. The Bertz CT molecular complexity index is 633. The zero-order valence-electron chi connectivity index (χ0n) is 13.4. The van der Waals surface area contributed by atoms with E-state index in [1.54, 1.807) is 0 Å². The minimum absolute atomic E-state index is 0.120. The molecule has 1 saturated carbocycles. The van der Waals surface area contributed by atoms with Crippen molar-refractivity contribution in [3.8, 4) is 0 Å². The van der Waals surface area contributed by atoms with Crippen LogP contribution in [0.2, 0.25) is 0 Å². The fourth-order valence-electron chi connectivity index (χ4n) is 4.54. The van der Waals surface area contributed by atoms with E-state index in [2.05, 4.69) is 18.2 Å². The lowest BCUT2D eigenvalue weighted by Gasteiger charge is -2.32. The van der Waals surface area contributed by atoms with E-state index in [1.165, 1.54) is 11.1 Å². The van der Waals surface area contributed by atoms with Crippen LogP contribution >= 0.6 is 0 Å². The fraction of sp³-hybridized carbons (Fsp3) is 0.579. The highest BCUT2D eigenvalue weighted by Gasteiger charge is 2.54. The maximum Gasteiger partial charge on any atom is 0.307 e. The Morgan fingerprint density at radius 1 is 1.13 bits per heavy atom. The average Bonchev–Trinajstić information content (AvgIpc) is 3.07. The number of amides is 1. The van der Waals surface area contributed by atoms with Crippen LogP contribution in [-0.2, 0) is 27.3 Å². The van der Waals surface area contributed by atoms with Crippen LogP contribution in [0, 0.1) is 5.92 Å². The summed E-state index contributed by atoms with van der Waals surface area (Å²) >= 11 is 0. The molecule has 4 nitrogen and oxygen atoms in total. The van der Waals surface area contributed by atoms with Crippen molar-refractivity contribution in [2.24, 2.45) is 5.92 Å². The Kier molecular flexibility index (Phi) is 3.63. The lowest BCUT2D eigenvalue weighted by Crippen LogP contribution is -2.44. The Morgan fingerprint density at radius 3 is 2.65 bits per heavy atom. The summed E-state index contributed by atoms with van der Waals surface area (Å²) in [6, 6.07) is 8.37. The highest BCUT2D eigenvalue weighted by atomic mass is 16.6. The topological polar surface area (TPSA) is 46.6 Å². The van der Waals surface area contributed by atoms with Gasteiger partial charge in [0.15, 0.2) is 0 Å². The number of ether oxygens (including phenoxy) is 1. The van der Waals surface area contributed by atoms with Crippen molar-refractivity contribution in [1.29, 1.82) is 0 Å². The first kappa shape index (κ1) is 14.7. The number of esters is 1. The van der Waals surface area contributed by atoms with Crippen LogP contribution in [0.25, 0.3) is 0 Å². The molecule has 23 heavy (non-hydrogen) atoms. The standard InChI is InChI=1S/C19H23NO3/c21-17-12-16(19(23-17)9-3-4-10-19)18(22)20-11-5-8-14-6-1-2-7-15(14)13-20/h1-2,6-7,16H,3-5,8-13H2. The molecule has 0 radical (unpaired) electrons. The van der Waals surface area contributed by atoms with Gasteiger partial charge in [0.2, 0.25) is 5.91 Å². The number of carbonyl (C=O) groups excluding carboxylic acids is 2. The van der Waals surface area contributed by atoms with Crippen molar-refractivity contribution in [1.82, 2.24) is 4.90 Å². The second-order valence-corrected chi connectivity index (χ2v) is 7.13. The minimum Gasteiger partial charge on any atom is -0.458 e. The molecule has 1 spiro atoms. The van der Waals surface area contributed by atoms with Gasteiger partial charge in [-0.05, 0) is 49.7 Å². The zero-order chi connectivity index (χ0) is 15.9. The maximum absolute atomic E-state index is 13.2. The molecule has 0 bridgehead atoms. The monoisotopic (exact) mass is 313 g/mol. The van der Waals surface area contributed by atoms with Crippen LogP contribution in [-0.4, -0.2) is 28.9 Å². The molecule has 2 aliphatic heterocycles. The van der Waals surface area contributed by atoms with Gasteiger partial charge in [-0.2, -0.15) is 0 Å². The third-order valence-electron chi connectivity index (χ3n) is 5.74. The van der Waals surface area contributed by atoms with Gasteiger partial charge < -0.3 is 9.64 Å². The molecule has 0 aromatic heterocycles. The summed E-state index contributed by atoms with van der Waals surface area (Å²) in [4.78, 5) is 27.0. The van der Waals surface area contributed by atoms with Gasteiger partial charge in [-0.15, -0.1) is 0 Å². The quantitative estimate of drug-likeness (QED) is 0.749. The second-order valence-electron chi connectivity index (χ2n) is 7.13. The minimum atomic E-state index is -0.500. The Balaban J connectivity index is 1.58. The number of aryl methyl sites for hydroxylation is 1. The fourth-order valence-corrected chi connectivity index (χ4v) is 4.54. The number of rotatable bonds is 1. The second kappa shape index (κ2) is 5.66. The van der Waals surface area contributed by atoms with Crippen LogP contribution in [0.1, 0.15) is 49.7 Å². The Morgan fingerprint density at radius 2 is 1.87 bits per heavy atom. The van der Waals surface area contributed by atoms with Crippen molar-refractivity contribution in [2.45, 2.75) is 57.1 Å². The van der Waals surface area contributed by atoms with Crippen LogP contribution in [0.4, 0.5) is 0 Å². The molecule has 1 atom stereocenters. The van der Waals surface area contributed by atoms with Gasteiger partial charge in [0.25, 0.3) is 0 Å². The van der Waals surface area contributed by atoms with Crippen molar-refractivity contribution in [3.63, 3.8) is 0 Å². The van der Waals surface area contributed by atoms with Gasteiger partial charge in [0.05, 0.1) is 12.3 Å². The number of benzene rings is 1. The summed E-state index contributed by atoms with van der Waals surface area (Å²) < 4.78 is 5.65. The van der Waals surface area contributed by atoms with Crippen molar-refractivity contribution in [3.05, 3.63) is 35.4 Å². The lowest BCUT2D eigenvalue weighted by atomic mass is 9.84. The zero-order valence-corrected chi connectivity index (χ0v) is 13.4. The number of hydrogen-bond donors (Lipinski definition) is 0. The number of hydrogen-bond acceptors (Lipinski definition) is 3. The summed E-state index contributed by atoms with van der Waals surface area (Å²) in [6.45, 7) is 1.43. The normalized spacial score (nSPS) is 26.0. The summed E-state index contributed by atoms with van der Waals surface area (Å²) in [7, 11) is 0. The first-order valence-electron chi connectivity index (χ1n) is 8.75. The van der Waals surface area contributed by atoms with Gasteiger partial charge >= 0.3 is 5.97 Å². The van der Waals surface area contributed by atoms with Crippen molar-refractivity contribution in [2.75, 3.05) is 6.54 Å². The van der Waals surface area contributed by atoms with Crippen LogP contribution in [0.15, 0.2) is 24.3 Å². The van der Waals surface area contributed by atoms with E-state index in [4.69, 9.17) is 4.74 Å². The van der Waals surface area contributed by atoms with E-state index in [0.29, 0.717) is 6.54 Å². The van der Waals surface area contributed by atoms with Crippen molar-refractivity contribution >= 4 is 11.9 Å². The molecule has 2 heterocycles. The van der Waals surface area contributed by atoms with Gasteiger partial charge in [-0.1, -0.05) is 24.3 Å². The molecule has 2 fully saturated rings. The molecule has 4 heteroatoms. The molecular formula is C19H23NO3. The number of fused-ring (bicyclic) bond motifs is 1. The third kappa shape index (κ3) is 2.54. The van der Waals surface area contributed by atoms with Crippen molar-refractivity contribution < 1.29 is 14.3 Å². The van der Waals surface area contributed by atoms with E-state index < -0.39 is 5.60 Å². The predicted molar refractivity (Wildman–Crippen MR) is 85.6 cm³/mol. The summed E-state index contributed by atoms with van der Waals surface area (Å²) in [5.74, 6) is -0.349. The SMILES string of the molecule is O=C1CC(C(=O)N2CCCc3ccccc3C2)C2(CCCC2)O1. The molecule has 0 N–H and O–H groups in total. The van der Waals surface area contributed by atoms with Gasteiger partial charge in [0.1, 0.15) is 5.60 Å². The van der Waals surface area contributed by atoms with E-state index in [1.807, 2.05) is 11.0 Å². The molecular weight excluding hydrogens is 290 g/mol. The van der Waals surface area contributed by atoms with Gasteiger partial charge in [-0.25, -0.2) is 0 Å². The maximum atomic E-state index is 13.2. The smallest absolute Gasteiger partial charge is 0.307 e. The van der Waals surface area contributed by atoms with E-state index in [0.717, 1.165) is 45.1 Å². The average molecular weight is 313 g/mol. The molecule has 3 aliphatic rings. The van der Waals surface area contributed by atoms with Gasteiger partial charge in [-0.3, -0.25) is 9.59 Å². The van der Waals surface area contributed by atoms with Crippen LogP contribution in [0.3, 0.4) is 0 Å². The first-order valence-corrected chi connectivity index (χ1v) is 8.75. The summed E-state index contributed by atoms with van der Waals surface area (Å²) in [5, 5.41) is 0. The molecule has 1 aromatic carbocycles. The summed E-state index contributed by atoms with van der Waals surface area (Å²) in [5.41, 5.74) is 2.08. The van der Waals surface area contributed by atoms with E-state index in [-0.39, 0.29) is 24.2 Å². The van der Waals surface area contributed by atoms with Crippen LogP contribution < -0.4 is 0 Å². The molecule has 1 aromatic rings. The van der Waals surface area contributed by atoms with E-state index in [9.17, 15) is 9.59 Å². The molecule has 4 rings (SSSR count). The van der Waals surface area contributed by atoms with E-state index >= 15 is 0 Å². The molecule has 1 unspecified atom stereocenters. The van der Waals surface area contributed by atoms with Crippen LogP contribution in [0.5, 0.6) is 0 Å². The largest absolute Gasteiger partial charge is 0.458 e. The predicted octanol–water partition coefficient (Wildman–Crippen LogP) is 2.84. The molecule has 122 valence electrons. The Labute approximate surface area is 136 Å². The first-order chi connectivity index (χ1) is 11.2. The third-order valence-corrected chi connectivity index (χ3v) is 5.74. The summed E-state index contributed by atoms with van der Waals surface area (Å²) in [6.07, 6.45) is 6.07. The highest BCUT2D eigenvalue weighted by molar-refractivity contribution is 5.88. The molecule has 1 saturated heterocycles. The molecule has 1 aliphatic carbocycles. The number of nitrogens with zero attached hydrogens (tertiary/aromatic N) is 1.